The Bertz CT molecular complexity index is 857. The van der Waals surface area contributed by atoms with Crippen molar-refractivity contribution in [3.8, 4) is 11.1 Å². The first-order valence-electron chi connectivity index (χ1n) is 7.77. The van der Waals surface area contributed by atoms with Crippen LogP contribution in [-0.4, -0.2) is 15.1 Å². The van der Waals surface area contributed by atoms with Crippen molar-refractivity contribution in [3.63, 3.8) is 0 Å². The van der Waals surface area contributed by atoms with Crippen LogP contribution in [-0.2, 0) is 5.54 Å². The van der Waals surface area contributed by atoms with Crippen LogP contribution in [0, 0.1) is 0 Å². The molecular formula is C19H21N3. The highest BCUT2D eigenvalue weighted by atomic mass is 15.3. The molecule has 112 valence electrons. The second kappa shape index (κ2) is 4.13. The van der Waals surface area contributed by atoms with Crippen LogP contribution in [0.3, 0.4) is 0 Å². The number of rotatable bonds is 1. The van der Waals surface area contributed by atoms with Crippen LogP contribution in [0.1, 0.15) is 27.7 Å². The van der Waals surface area contributed by atoms with Crippen molar-refractivity contribution in [1.29, 1.82) is 0 Å². The van der Waals surface area contributed by atoms with Gasteiger partial charge in [0.15, 0.2) is 0 Å². The fourth-order valence-corrected chi connectivity index (χ4v) is 3.25. The topological polar surface area (TPSA) is 29.9 Å². The Hall–Kier alpha value is -2.29. The summed E-state index contributed by atoms with van der Waals surface area (Å²) in [6.07, 6.45) is 0. The standard InChI is InChI=1S/C19H21N3/c1-18(2)19(3,4)22-16-12-14(13-8-6-5-7-9-13)10-11-15(16)20-17(22)21-18/h5-12H,1-4H3,(H,20,21). The molecule has 3 nitrogen and oxygen atoms in total. The normalized spacial score (nSPS) is 18.2. The molecular weight excluding hydrogens is 270 g/mol. The van der Waals surface area contributed by atoms with E-state index in [0.29, 0.717) is 0 Å². The van der Waals surface area contributed by atoms with E-state index in [1.165, 1.54) is 16.6 Å². The van der Waals surface area contributed by atoms with E-state index < -0.39 is 0 Å². The van der Waals surface area contributed by atoms with Crippen LogP contribution in [0.15, 0.2) is 48.5 Å². The third-order valence-corrected chi connectivity index (χ3v) is 5.27. The van der Waals surface area contributed by atoms with Gasteiger partial charge in [0.05, 0.1) is 22.1 Å². The van der Waals surface area contributed by atoms with E-state index in [-0.39, 0.29) is 11.1 Å². The lowest BCUT2D eigenvalue weighted by Gasteiger charge is -2.35. The molecule has 3 aromatic rings. The molecule has 3 heteroatoms. The van der Waals surface area contributed by atoms with Crippen molar-refractivity contribution in [3.05, 3.63) is 48.5 Å². The molecule has 0 radical (unpaired) electrons. The summed E-state index contributed by atoms with van der Waals surface area (Å²) in [6.45, 7) is 9.00. The Morgan fingerprint density at radius 1 is 0.909 bits per heavy atom. The van der Waals surface area contributed by atoms with Gasteiger partial charge in [-0.2, -0.15) is 0 Å². The maximum atomic E-state index is 4.77. The molecule has 0 saturated carbocycles. The van der Waals surface area contributed by atoms with Gasteiger partial charge in [0, 0.05) is 0 Å². The second-order valence-electron chi connectivity index (χ2n) is 7.15. The summed E-state index contributed by atoms with van der Waals surface area (Å²) >= 11 is 0. The molecule has 1 aromatic heterocycles. The summed E-state index contributed by atoms with van der Waals surface area (Å²) < 4.78 is 2.34. The number of aromatic nitrogens is 2. The van der Waals surface area contributed by atoms with E-state index in [0.717, 1.165) is 11.5 Å². The van der Waals surface area contributed by atoms with Gasteiger partial charge in [0.1, 0.15) is 0 Å². The SMILES string of the molecule is CC1(C)Nc2nc3ccc(-c4ccccc4)cc3n2C1(C)C. The fourth-order valence-electron chi connectivity index (χ4n) is 3.25. The first kappa shape index (κ1) is 13.4. The lowest BCUT2D eigenvalue weighted by atomic mass is 9.84. The predicted molar refractivity (Wildman–Crippen MR) is 92.2 cm³/mol. The van der Waals surface area contributed by atoms with Crippen LogP contribution < -0.4 is 5.32 Å². The maximum absolute atomic E-state index is 4.77. The Morgan fingerprint density at radius 3 is 2.36 bits per heavy atom. The summed E-state index contributed by atoms with van der Waals surface area (Å²) in [5, 5.41) is 3.56. The molecule has 0 unspecified atom stereocenters. The van der Waals surface area contributed by atoms with Gasteiger partial charge >= 0.3 is 0 Å². The number of fused-ring (bicyclic) bond motifs is 3. The zero-order valence-corrected chi connectivity index (χ0v) is 13.5. The zero-order chi connectivity index (χ0) is 15.5. The lowest BCUT2D eigenvalue weighted by molar-refractivity contribution is 0.270. The molecule has 0 bridgehead atoms. The number of anilines is 1. The first-order chi connectivity index (χ1) is 10.4. The Labute approximate surface area is 131 Å². The highest BCUT2D eigenvalue weighted by molar-refractivity contribution is 5.85. The van der Waals surface area contributed by atoms with Gasteiger partial charge in [-0.3, -0.25) is 0 Å². The van der Waals surface area contributed by atoms with Gasteiger partial charge in [0.2, 0.25) is 5.95 Å². The largest absolute Gasteiger partial charge is 0.348 e. The Balaban J connectivity index is 1.96. The fraction of sp³-hybridized carbons (Fsp3) is 0.316. The van der Waals surface area contributed by atoms with Crippen LogP contribution in [0.25, 0.3) is 22.2 Å². The van der Waals surface area contributed by atoms with E-state index >= 15 is 0 Å². The van der Waals surface area contributed by atoms with Gasteiger partial charge in [-0.1, -0.05) is 36.4 Å². The number of hydrogen-bond donors (Lipinski definition) is 1. The average Bonchev–Trinajstić information content (AvgIpc) is 2.91. The molecule has 2 aromatic carbocycles. The molecule has 0 atom stereocenters. The third-order valence-electron chi connectivity index (χ3n) is 5.27. The van der Waals surface area contributed by atoms with Gasteiger partial charge in [-0.25, -0.2) is 4.98 Å². The van der Waals surface area contributed by atoms with Crippen LogP contribution in [0.2, 0.25) is 0 Å². The van der Waals surface area contributed by atoms with Gasteiger partial charge in [-0.05, 0) is 51.0 Å². The van der Waals surface area contributed by atoms with Crippen LogP contribution in [0.4, 0.5) is 5.95 Å². The molecule has 0 spiro atoms. The van der Waals surface area contributed by atoms with Crippen molar-refractivity contribution in [1.82, 2.24) is 9.55 Å². The van der Waals surface area contributed by atoms with E-state index in [9.17, 15) is 0 Å². The Morgan fingerprint density at radius 2 is 1.64 bits per heavy atom. The molecule has 1 aliphatic rings. The average molecular weight is 291 g/mol. The first-order valence-corrected chi connectivity index (χ1v) is 7.77. The molecule has 1 N–H and O–H groups in total. The minimum absolute atomic E-state index is 0.0216. The van der Waals surface area contributed by atoms with E-state index in [2.05, 4.69) is 80.0 Å². The van der Waals surface area contributed by atoms with Crippen molar-refractivity contribution in [2.75, 3.05) is 5.32 Å². The molecule has 0 aliphatic carbocycles. The summed E-state index contributed by atoms with van der Waals surface area (Å²) in [5.41, 5.74) is 4.66. The Kier molecular flexibility index (Phi) is 2.51. The highest BCUT2D eigenvalue weighted by Gasteiger charge is 2.47. The summed E-state index contributed by atoms with van der Waals surface area (Å²) in [6, 6.07) is 17.0. The summed E-state index contributed by atoms with van der Waals surface area (Å²) in [7, 11) is 0. The molecule has 0 fully saturated rings. The van der Waals surface area contributed by atoms with Crippen molar-refractivity contribution < 1.29 is 0 Å². The number of benzene rings is 2. The molecule has 0 amide bonds. The lowest BCUT2D eigenvalue weighted by Crippen LogP contribution is -2.46. The van der Waals surface area contributed by atoms with Gasteiger partial charge in [-0.15, -0.1) is 0 Å². The number of nitrogens with zero attached hydrogens (tertiary/aromatic N) is 2. The molecule has 2 heterocycles. The molecule has 0 saturated heterocycles. The molecule has 1 aliphatic heterocycles. The van der Waals surface area contributed by atoms with E-state index in [1.54, 1.807) is 0 Å². The van der Waals surface area contributed by atoms with Crippen LogP contribution >= 0.6 is 0 Å². The monoisotopic (exact) mass is 291 g/mol. The minimum Gasteiger partial charge on any atom is -0.348 e. The maximum Gasteiger partial charge on any atom is 0.204 e. The van der Waals surface area contributed by atoms with Crippen molar-refractivity contribution in [2.24, 2.45) is 0 Å². The smallest absolute Gasteiger partial charge is 0.204 e. The molecule has 22 heavy (non-hydrogen) atoms. The quantitative estimate of drug-likeness (QED) is 0.707. The minimum atomic E-state index is -0.0353. The van der Waals surface area contributed by atoms with E-state index in [4.69, 9.17) is 4.98 Å². The van der Waals surface area contributed by atoms with Crippen molar-refractivity contribution >= 4 is 17.0 Å². The van der Waals surface area contributed by atoms with Crippen molar-refractivity contribution in [2.45, 2.75) is 38.8 Å². The third kappa shape index (κ3) is 1.65. The number of hydrogen-bond acceptors (Lipinski definition) is 2. The van der Waals surface area contributed by atoms with Gasteiger partial charge in [0.25, 0.3) is 0 Å². The van der Waals surface area contributed by atoms with E-state index in [1.807, 2.05) is 6.07 Å². The number of imidazole rings is 1. The van der Waals surface area contributed by atoms with Crippen LogP contribution in [0.5, 0.6) is 0 Å². The molecule has 4 rings (SSSR count). The summed E-state index contributed by atoms with van der Waals surface area (Å²) in [4.78, 5) is 4.77. The van der Waals surface area contributed by atoms with Gasteiger partial charge < -0.3 is 9.88 Å². The predicted octanol–water partition coefficient (Wildman–Crippen LogP) is 4.64. The highest BCUT2D eigenvalue weighted by Crippen LogP contribution is 2.44. The summed E-state index contributed by atoms with van der Waals surface area (Å²) in [5.74, 6) is 0.968. The number of nitrogens with one attached hydrogen (secondary N) is 1. The second-order valence-corrected chi connectivity index (χ2v) is 7.15. The zero-order valence-electron chi connectivity index (χ0n) is 13.5.